The van der Waals surface area contributed by atoms with Crippen molar-refractivity contribution in [3.8, 4) is 0 Å². The van der Waals surface area contributed by atoms with E-state index >= 15 is 0 Å². The van der Waals surface area contributed by atoms with E-state index < -0.39 is 0 Å². The first-order chi connectivity index (χ1) is 8.19. The summed E-state index contributed by atoms with van der Waals surface area (Å²) in [6.45, 7) is 6.26. The standard InChI is InChI=1S/C13H21N3O/c1-2-11-5-6-15(9-11)7-8-16-10-12(14)3-4-13(16)17/h3-4,10-11H,2,5-9,14H2,1H3. The van der Waals surface area contributed by atoms with Crippen molar-refractivity contribution in [1.29, 1.82) is 0 Å². The van der Waals surface area contributed by atoms with Crippen molar-refractivity contribution in [2.24, 2.45) is 5.92 Å². The average molecular weight is 235 g/mol. The van der Waals surface area contributed by atoms with Crippen LogP contribution in [0.2, 0.25) is 0 Å². The number of hydrogen-bond donors (Lipinski definition) is 1. The Balaban J connectivity index is 1.90. The molecule has 1 aromatic heterocycles. The summed E-state index contributed by atoms with van der Waals surface area (Å²) >= 11 is 0. The smallest absolute Gasteiger partial charge is 0.250 e. The number of aromatic nitrogens is 1. The van der Waals surface area contributed by atoms with E-state index in [0.717, 1.165) is 25.6 Å². The van der Waals surface area contributed by atoms with E-state index in [0.29, 0.717) is 5.69 Å². The van der Waals surface area contributed by atoms with Crippen LogP contribution in [0.3, 0.4) is 0 Å². The number of nitrogen functional groups attached to an aromatic ring is 1. The predicted molar refractivity (Wildman–Crippen MR) is 70.0 cm³/mol. The molecule has 1 atom stereocenters. The molecule has 0 aromatic carbocycles. The van der Waals surface area contributed by atoms with E-state index in [1.807, 2.05) is 0 Å². The monoisotopic (exact) mass is 235 g/mol. The molecule has 94 valence electrons. The highest BCUT2D eigenvalue weighted by Crippen LogP contribution is 2.18. The van der Waals surface area contributed by atoms with Crippen molar-refractivity contribution in [1.82, 2.24) is 9.47 Å². The zero-order chi connectivity index (χ0) is 12.3. The zero-order valence-corrected chi connectivity index (χ0v) is 10.4. The van der Waals surface area contributed by atoms with Gasteiger partial charge in [0, 0.05) is 37.6 Å². The molecule has 4 heteroatoms. The summed E-state index contributed by atoms with van der Waals surface area (Å²) in [4.78, 5) is 14.0. The molecule has 4 nitrogen and oxygen atoms in total. The van der Waals surface area contributed by atoms with Gasteiger partial charge in [-0.1, -0.05) is 13.3 Å². The van der Waals surface area contributed by atoms with Crippen molar-refractivity contribution in [2.75, 3.05) is 25.4 Å². The third kappa shape index (κ3) is 3.09. The molecule has 1 aromatic rings. The number of anilines is 1. The lowest BCUT2D eigenvalue weighted by atomic mass is 10.1. The van der Waals surface area contributed by atoms with Gasteiger partial charge < -0.3 is 15.2 Å². The molecule has 1 unspecified atom stereocenters. The van der Waals surface area contributed by atoms with Gasteiger partial charge in [-0.2, -0.15) is 0 Å². The van der Waals surface area contributed by atoms with Gasteiger partial charge >= 0.3 is 0 Å². The number of likely N-dealkylation sites (tertiary alicyclic amines) is 1. The molecule has 0 spiro atoms. The molecule has 0 bridgehead atoms. The van der Waals surface area contributed by atoms with Crippen LogP contribution in [-0.4, -0.2) is 29.1 Å². The molecule has 1 fully saturated rings. The second kappa shape index (κ2) is 5.36. The summed E-state index contributed by atoms with van der Waals surface area (Å²) in [6, 6.07) is 3.19. The molecule has 2 rings (SSSR count). The van der Waals surface area contributed by atoms with Crippen LogP contribution in [0.15, 0.2) is 23.1 Å². The van der Waals surface area contributed by atoms with Crippen LogP contribution in [0.5, 0.6) is 0 Å². The van der Waals surface area contributed by atoms with Crippen molar-refractivity contribution in [3.63, 3.8) is 0 Å². The Labute approximate surface area is 102 Å². The largest absolute Gasteiger partial charge is 0.398 e. The molecule has 0 amide bonds. The van der Waals surface area contributed by atoms with Gasteiger partial charge in [0.25, 0.3) is 5.56 Å². The van der Waals surface area contributed by atoms with Gasteiger partial charge in [0.2, 0.25) is 0 Å². The number of hydrogen-bond acceptors (Lipinski definition) is 3. The number of nitrogens with zero attached hydrogens (tertiary/aromatic N) is 2. The number of rotatable bonds is 4. The highest BCUT2D eigenvalue weighted by atomic mass is 16.1. The van der Waals surface area contributed by atoms with E-state index in [4.69, 9.17) is 5.73 Å². The lowest BCUT2D eigenvalue weighted by molar-refractivity contribution is 0.307. The molecular formula is C13H21N3O. The molecule has 0 saturated carbocycles. The second-order valence-corrected chi connectivity index (χ2v) is 4.86. The zero-order valence-electron chi connectivity index (χ0n) is 10.4. The quantitative estimate of drug-likeness (QED) is 0.852. The van der Waals surface area contributed by atoms with Gasteiger partial charge in [-0.15, -0.1) is 0 Å². The third-order valence-corrected chi connectivity index (χ3v) is 3.61. The number of nitrogens with two attached hydrogens (primary N) is 1. The van der Waals surface area contributed by atoms with E-state index in [-0.39, 0.29) is 5.56 Å². The topological polar surface area (TPSA) is 51.3 Å². The van der Waals surface area contributed by atoms with Crippen molar-refractivity contribution >= 4 is 5.69 Å². The molecule has 0 aliphatic carbocycles. The minimum atomic E-state index is 0.0328. The van der Waals surface area contributed by atoms with Crippen molar-refractivity contribution < 1.29 is 0 Å². The Morgan fingerprint density at radius 2 is 2.24 bits per heavy atom. The van der Waals surface area contributed by atoms with E-state index in [2.05, 4.69) is 11.8 Å². The van der Waals surface area contributed by atoms with Crippen molar-refractivity contribution in [2.45, 2.75) is 26.3 Å². The summed E-state index contributed by atoms with van der Waals surface area (Å²) in [7, 11) is 0. The minimum absolute atomic E-state index is 0.0328. The van der Waals surface area contributed by atoms with Gasteiger partial charge in [0.05, 0.1) is 0 Å². The van der Waals surface area contributed by atoms with Crippen LogP contribution in [0, 0.1) is 5.92 Å². The first-order valence-electron chi connectivity index (χ1n) is 6.37. The highest BCUT2D eigenvalue weighted by Gasteiger charge is 2.20. The van der Waals surface area contributed by atoms with E-state index in [1.165, 1.54) is 25.5 Å². The second-order valence-electron chi connectivity index (χ2n) is 4.86. The molecule has 0 radical (unpaired) electrons. The normalized spacial score (nSPS) is 20.9. The van der Waals surface area contributed by atoms with Crippen LogP contribution in [0.4, 0.5) is 5.69 Å². The van der Waals surface area contributed by atoms with Crippen LogP contribution in [0.25, 0.3) is 0 Å². The summed E-state index contributed by atoms with van der Waals surface area (Å²) in [5.74, 6) is 0.840. The summed E-state index contributed by atoms with van der Waals surface area (Å²) in [5, 5.41) is 0. The maximum absolute atomic E-state index is 11.6. The Hall–Kier alpha value is -1.29. The fourth-order valence-electron chi connectivity index (χ4n) is 2.42. The van der Waals surface area contributed by atoms with E-state index in [9.17, 15) is 4.79 Å². The lowest BCUT2D eigenvalue weighted by Crippen LogP contribution is -2.29. The Morgan fingerprint density at radius 3 is 2.94 bits per heavy atom. The Kier molecular flexibility index (Phi) is 3.84. The van der Waals surface area contributed by atoms with Gasteiger partial charge in [-0.3, -0.25) is 4.79 Å². The maximum Gasteiger partial charge on any atom is 0.250 e. The molecular weight excluding hydrogens is 214 g/mol. The van der Waals surface area contributed by atoms with Gasteiger partial charge in [-0.25, -0.2) is 0 Å². The number of pyridine rings is 1. The molecule has 1 aliphatic heterocycles. The highest BCUT2D eigenvalue weighted by molar-refractivity contribution is 5.33. The maximum atomic E-state index is 11.6. The van der Waals surface area contributed by atoms with Crippen LogP contribution >= 0.6 is 0 Å². The van der Waals surface area contributed by atoms with Crippen LogP contribution in [-0.2, 0) is 6.54 Å². The lowest BCUT2D eigenvalue weighted by Gasteiger charge is -2.16. The fraction of sp³-hybridized carbons (Fsp3) is 0.615. The van der Waals surface area contributed by atoms with E-state index in [1.54, 1.807) is 16.8 Å². The van der Waals surface area contributed by atoms with Gasteiger partial charge in [0.1, 0.15) is 0 Å². The third-order valence-electron chi connectivity index (χ3n) is 3.61. The molecule has 1 saturated heterocycles. The molecule has 1 aliphatic rings. The molecule has 2 N–H and O–H groups in total. The Morgan fingerprint density at radius 1 is 1.41 bits per heavy atom. The summed E-state index contributed by atoms with van der Waals surface area (Å²) in [5.41, 5.74) is 6.36. The van der Waals surface area contributed by atoms with Crippen LogP contribution < -0.4 is 11.3 Å². The Bertz CT molecular complexity index is 427. The SMILES string of the molecule is CCC1CCN(CCn2cc(N)ccc2=O)C1. The fourth-order valence-corrected chi connectivity index (χ4v) is 2.42. The molecule has 2 heterocycles. The summed E-state index contributed by atoms with van der Waals surface area (Å²) < 4.78 is 1.70. The first kappa shape index (κ1) is 12.2. The van der Waals surface area contributed by atoms with Crippen molar-refractivity contribution in [3.05, 3.63) is 28.7 Å². The first-order valence-corrected chi connectivity index (χ1v) is 6.37. The van der Waals surface area contributed by atoms with Gasteiger partial charge in [-0.05, 0) is 24.9 Å². The van der Waals surface area contributed by atoms with Gasteiger partial charge in [0.15, 0.2) is 0 Å². The molecule has 17 heavy (non-hydrogen) atoms. The summed E-state index contributed by atoms with van der Waals surface area (Å²) in [6.07, 6.45) is 4.28. The minimum Gasteiger partial charge on any atom is -0.398 e. The average Bonchev–Trinajstić information content (AvgIpc) is 2.78. The predicted octanol–water partition coefficient (Wildman–Crippen LogP) is 1.16. The van der Waals surface area contributed by atoms with Crippen LogP contribution in [0.1, 0.15) is 19.8 Å².